The molecule has 0 aliphatic rings. The largest absolute Gasteiger partial charge is 0.493 e. The van der Waals surface area contributed by atoms with Gasteiger partial charge < -0.3 is 14.8 Å². The van der Waals surface area contributed by atoms with Gasteiger partial charge in [-0.2, -0.15) is 0 Å². The van der Waals surface area contributed by atoms with E-state index in [2.05, 4.69) is 5.32 Å². The Kier molecular flexibility index (Phi) is 4.40. The van der Waals surface area contributed by atoms with Crippen molar-refractivity contribution in [3.8, 4) is 11.5 Å². The first-order valence-corrected chi connectivity index (χ1v) is 5.30. The summed E-state index contributed by atoms with van der Waals surface area (Å²) in [7, 11) is 3.02. The Balaban J connectivity index is 3.01. The fourth-order valence-corrected chi connectivity index (χ4v) is 1.33. The second kappa shape index (κ2) is 5.58. The molecule has 4 heteroatoms. The van der Waals surface area contributed by atoms with E-state index in [1.165, 1.54) is 20.3 Å². The summed E-state index contributed by atoms with van der Waals surface area (Å²) in [5, 5.41) is 3.08. The molecule has 0 amide bonds. The highest BCUT2D eigenvalue weighted by molar-refractivity contribution is 5.56. The molecule has 0 spiro atoms. The standard InChI is InChI=1S/C12H18FNO2/c1-5-8(2)14-10-7-12(16-4)11(15-3)6-9(10)13/h6-8,14H,5H2,1-4H3. The van der Waals surface area contributed by atoms with Crippen molar-refractivity contribution >= 4 is 5.69 Å². The third kappa shape index (κ3) is 2.78. The molecule has 16 heavy (non-hydrogen) atoms. The Bertz CT molecular complexity index is 355. The Morgan fingerprint density at radius 3 is 2.31 bits per heavy atom. The summed E-state index contributed by atoms with van der Waals surface area (Å²) in [6, 6.07) is 3.15. The number of hydrogen-bond donors (Lipinski definition) is 1. The van der Waals surface area contributed by atoms with Crippen molar-refractivity contribution in [3.05, 3.63) is 17.9 Å². The van der Waals surface area contributed by atoms with Crippen LogP contribution in [0.25, 0.3) is 0 Å². The van der Waals surface area contributed by atoms with Crippen LogP contribution in [-0.2, 0) is 0 Å². The zero-order valence-electron chi connectivity index (χ0n) is 10.1. The number of hydrogen-bond acceptors (Lipinski definition) is 3. The van der Waals surface area contributed by atoms with Crippen LogP contribution in [0.3, 0.4) is 0 Å². The smallest absolute Gasteiger partial charge is 0.163 e. The second-order valence-electron chi connectivity index (χ2n) is 3.64. The van der Waals surface area contributed by atoms with E-state index in [1.807, 2.05) is 13.8 Å². The predicted octanol–water partition coefficient (Wildman–Crippen LogP) is 3.05. The molecule has 0 bridgehead atoms. The first-order valence-electron chi connectivity index (χ1n) is 5.30. The van der Waals surface area contributed by atoms with Crippen molar-refractivity contribution < 1.29 is 13.9 Å². The average molecular weight is 227 g/mol. The summed E-state index contributed by atoms with van der Waals surface area (Å²) >= 11 is 0. The Morgan fingerprint density at radius 1 is 1.25 bits per heavy atom. The lowest BCUT2D eigenvalue weighted by Crippen LogP contribution is -2.14. The lowest BCUT2D eigenvalue weighted by atomic mass is 10.2. The Hall–Kier alpha value is -1.45. The molecule has 1 atom stereocenters. The van der Waals surface area contributed by atoms with Crippen LogP contribution in [0.2, 0.25) is 0 Å². The van der Waals surface area contributed by atoms with Crippen LogP contribution in [0.15, 0.2) is 12.1 Å². The van der Waals surface area contributed by atoms with Gasteiger partial charge >= 0.3 is 0 Å². The molecule has 0 fully saturated rings. The second-order valence-corrected chi connectivity index (χ2v) is 3.64. The van der Waals surface area contributed by atoms with Gasteiger partial charge in [0.25, 0.3) is 0 Å². The van der Waals surface area contributed by atoms with E-state index in [9.17, 15) is 4.39 Å². The van der Waals surface area contributed by atoms with Crippen molar-refractivity contribution in [2.24, 2.45) is 0 Å². The topological polar surface area (TPSA) is 30.5 Å². The van der Waals surface area contributed by atoms with Gasteiger partial charge in [-0.3, -0.25) is 0 Å². The van der Waals surface area contributed by atoms with Crippen molar-refractivity contribution in [2.45, 2.75) is 26.3 Å². The summed E-state index contributed by atoms with van der Waals surface area (Å²) in [5.41, 5.74) is 0.437. The van der Waals surface area contributed by atoms with Gasteiger partial charge in [0, 0.05) is 18.2 Å². The van der Waals surface area contributed by atoms with Crippen LogP contribution in [0, 0.1) is 5.82 Å². The zero-order chi connectivity index (χ0) is 12.1. The maximum Gasteiger partial charge on any atom is 0.163 e. The lowest BCUT2D eigenvalue weighted by Gasteiger charge is -2.16. The van der Waals surface area contributed by atoms with Gasteiger partial charge in [-0.15, -0.1) is 0 Å². The highest BCUT2D eigenvalue weighted by atomic mass is 19.1. The minimum Gasteiger partial charge on any atom is -0.493 e. The van der Waals surface area contributed by atoms with E-state index in [0.717, 1.165) is 6.42 Å². The minimum atomic E-state index is -0.335. The molecular formula is C12H18FNO2. The molecule has 0 saturated heterocycles. The molecular weight excluding hydrogens is 209 g/mol. The average Bonchev–Trinajstić information content (AvgIpc) is 2.30. The third-order valence-corrected chi connectivity index (χ3v) is 2.49. The number of nitrogens with one attached hydrogen (secondary N) is 1. The van der Waals surface area contributed by atoms with Crippen LogP contribution >= 0.6 is 0 Å². The van der Waals surface area contributed by atoms with Gasteiger partial charge in [-0.25, -0.2) is 4.39 Å². The number of anilines is 1. The normalized spacial score (nSPS) is 12.1. The summed E-state index contributed by atoms with van der Waals surface area (Å²) < 4.78 is 23.8. The van der Waals surface area contributed by atoms with E-state index < -0.39 is 0 Å². The zero-order valence-corrected chi connectivity index (χ0v) is 10.1. The van der Waals surface area contributed by atoms with Crippen molar-refractivity contribution in [1.82, 2.24) is 0 Å². The molecule has 0 aromatic heterocycles. The van der Waals surface area contributed by atoms with Crippen LogP contribution in [0.1, 0.15) is 20.3 Å². The van der Waals surface area contributed by atoms with E-state index in [1.54, 1.807) is 6.07 Å². The SMILES string of the molecule is CCC(C)Nc1cc(OC)c(OC)cc1F. The fraction of sp³-hybridized carbons (Fsp3) is 0.500. The first kappa shape index (κ1) is 12.6. The summed E-state index contributed by atoms with van der Waals surface area (Å²) in [6.07, 6.45) is 0.924. The maximum atomic E-state index is 13.7. The van der Waals surface area contributed by atoms with Crippen molar-refractivity contribution in [1.29, 1.82) is 0 Å². The van der Waals surface area contributed by atoms with Gasteiger partial charge in [0.15, 0.2) is 11.5 Å². The molecule has 90 valence electrons. The molecule has 0 heterocycles. The predicted molar refractivity (Wildman–Crippen MR) is 62.9 cm³/mol. The molecule has 0 aliphatic heterocycles. The van der Waals surface area contributed by atoms with Gasteiger partial charge in [-0.05, 0) is 13.3 Å². The van der Waals surface area contributed by atoms with Gasteiger partial charge in [0.05, 0.1) is 19.9 Å². The number of methoxy groups -OCH3 is 2. The molecule has 0 saturated carbocycles. The Labute approximate surface area is 95.6 Å². The van der Waals surface area contributed by atoms with Crippen LogP contribution < -0.4 is 14.8 Å². The summed E-state index contributed by atoms with van der Waals surface area (Å²) in [6.45, 7) is 4.03. The molecule has 0 radical (unpaired) electrons. The lowest BCUT2D eigenvalue weighted by molar-refractivity contribution is 0.352. The highest BCUT2D eigenvalue weighted by Gasteiger charge is 2.12. The van der Waals surface area contributed by atoms with Crippen molar-refractivity contribution in [3.63, 3.8) is 0 Å². The van der Waals surface area contributed by atoms with E-state index >= 15 is 0 Å². The van der Waals surface area contributed by atoms with Gasteiger partial charge in [-0.1, -0.05) is 6.92 Å². The minimum absolute atomic E-state index is 0.215. The quantitative estimate of drug-likeness (QED) is 0.838. The van der Waals surface area contributed by atoms with Crippen molar-refractivity contribution in [2.75, 3.05) is 19.5 Å². The number of ether oxygens (including phenoxy) is 2. The summed E-state index contributed by atoms with van der Waals surface area (Å²) in [5.74, 6) is 0.586. The van der Waals surface area contributed by atoms with E-state index in [4.69, 9.17) is 9.47 Å². The fourth-order valence-electron chi connectivity index (χ4n) is 1.33. The maximum absolute atomic E-state index is 13.7. The number of halogens is 1. The molecule has 1 aromatic rings. The highest BCUT2D eigenvalue weighted by Crippen LogP contribution is 2.32. The molecule has 1 aromatic carbocycles. The first-order chi connectivity index (χ1) is 7.62. The van der Waals surface area contributed by atoms with Crippen LogP contribution in [0.5, 0.6) is 11.5 Å². The molecule has 0 aliphatic carbocycles. The molecule has 1 unspecified atom stereocenters. The molecule has 1 rings (SSSR count). The van der Waals surface area contributed by atoms with E-state index in [0.29, 0.717) is 17.2 Å². The van der Waals surface area contributed by atoms with E-state index in [-0.39, 0.29) is 11.9 Å². The third-order valence-electron chi connectivity index (χ3n) is 2.49. The summed E-state index contributed by atoms with van der Waals surface area (Å²) in [4.78, 5) is 0. The number of benzene rings is 1. The van der Waals surface area contributed by atoms with Crippen LogP contribution in [0.4, 0.5) is 10.1 Å². The van der Waals surface area contributed by atoms with Gasteiger partial charge in [0.1, 0.15) is 5.82 Å². The van der Waals surface area contributed by atoms with Crippen LogP contribution in [-0.4, -0.2) is 20.3 Å². The monoisotopic (exact) mass is 227 g/mol. The molecule has 3 nitrogen and oxygen atoms in total. The Morgan fingerprint density at radius 2 is 1.81 bits per heavy atom. The van der Waals surface area contributed by atoms with Gasteiger partial charge in [0.2, 0.25) is 0 Å². The number of rotatable bonds is 5. The molecule has 1 N–H and O–H groups in total.